The Bertz CT molecular complexity index is 1430. The van der Waals surface area contributed by atoms with Gasteiger partial charge in [-0.15, -0.1) is 11.3 Å². The fourth-order valence-corrected chi connectivity index (χ4v) is 7.80. The molecule has 2 N–H and O–H groups in total. The molecule has 13 heteroatoms. The monoisotopic (exact) mass is 546 g/mol. The molecule has 2 aromatic carbocycles. The average Bonchev–Trinajstić information content (AvgIpc) is 3.44. The summed E-state index contributed by atoms with van der Waals surface area (Å²) in [5.74, 6) is -0.498. The smallest absolute Gasteiger partial charge is 0.419 e. The Kier molecular flexibility index (Phi) is 6.64. The van der Waals surface area contributed by atoms with E-state index >= 15 is 0 Å². The highest BCUT2D eigenvalue weighted by Gasteiger charge is 2.38. The van der Waals surface area contributed by atoms with Gasteiger partial charge >= 0.3 is 6.18 Å². The van der Waals surface area contributed by atoms with Crippen molar-refractivity contribution in [2.45, 2.75) is 38.4 Å². The number of sulfone groups is 1. The van der Waals surface area contributed by atoms with Crippen molar-refractivity contribution in [1.82, 2.24) is 5.32 Å². The Balaban J connectivity index is 1.63. The van der Waals surface area contributed by atoms with Crippen molar-refractivity contribution in [3.63, 3.8) is 0 Å². The summed E-state index contributed by atoms with van der Waals surface area (Å²) >= 11 is 0.540. The van der Waals surface area contributed by atoms with Gasteiger partial charge in [-0.3, -0.25) is 4.72 Å². The number of sulfonamides is 1. The summed E-state index contributed by atoms with van der Waals surface area (Å²) in [5, 5.41) is 3.03. The molecule has 188 valence electrons. The molecule has 0 unspecified atom stereocenters. The van der Waals surface area contributed by atoms with Crippen LogP contribution in [0.3, 0.4) is 0 Å². The molecule has 2 heterocycles. The van der Waals surface area contributed by atoms with E-state index in [1.807, 2.05) is 0 Å². The first kappa shape index (κ1) is 25.5. The average molecular weight is 547 g/mol. The Hall–Kier alpha value is -2.61. The molecule has 0 aliphatic carbocycles. The quantitative estimate of drug-likeness (QED) is 0.452. The number of anilines is 1. The largest absolute Gasteiger partial charge is 0.485 e. The van der Waals surface area contributed by atoms with Gasteiger partial charge in [0.1, 0.15) is 19.8 Å². The number of nitrogens with one attached hydrogen (secondary N) is 2. The second-order valence-corrected chi connectivity index (χ2v) is 13.4. The number of halogens is 3. The van der Waals surface area contributed by atoms with Gasteiger partial charge in [-0.2, -0.15) is 13.2 Å². The molecular formula is C22H21F3N2O5S3. The Morgan fingerprint density at radius 1 is 1.00 bits per heavy atom. The van der Waals surface area contributed by atoms with Gasteiger partial charge in [-0.05, 0) is 49.9 Å². The molecule has 0 saturated carbocycles. The maximum atomic E-state index is 13.5. The summed E-state index contributed by atoms with van der Waals surface area (Å²) in [6.45, 7) is 2.59. The van der Waals surface area contributed by atoms with Gasteiger partial charge in [0.2, 0.25) is 9.84 Å². The van der Waals surface area contributed by atoms with Crippen molar-refractivity contribution >= 4 is 36.9 Å². The van der Waals surface area contributed by atoms with Gasteiger partial charge in [-0.25, -0.2) is 16.8 Å². The van der Waals surface area contributed by atoms with E-state index in [9.17, 15) is 30.0 Å². The van der Waals surface area contributed by atoms with E-state index in [4.69, 9.17) is 4.74 Å². The van der Waals surface area contributed by atoms with E-state index in [2.05, 4.69) is 10.0 Å². The van der Waals surface area contributed by atoms with Crippen molar-refractivity contribution < 1.29 is 34.7 Å². The summed E-state index contributed by atoms with van der Waals surface area (Å²) in [6.07, 6.45) is -4.22. The molecule has 1 aliphatic heterocycles. The molecule has 7 nitrogen and oxygen atoms in total. The molecule has 0 spiro atoms. The zero-order valence-corrected chi connectivity index (χ0v) is 20.7. The topological polar surface area (TPSA) is 102 Å². The lowest BCUT2D eigenvalue weighted by atomic mass is 10.1. The summed E-state index contributed by atoms with van der Waals surface area (Å²) < 4.78 is 99.4. The van der Waals surface area contributed by atoms with Crippen LogP contribution in [-0.2, 0) is 26.0 Å². The van der Waals surface area contributed by atoms with Gasteiger partial charge in [0.15, 0.2) is 0 Å². The van der Waals surface area contributed by atoms with Gasteiger partial charge in [-0.1, -0.05) is 18.2 Å². The van der Waals surface area contributed by atoms with Gasteiger partial charge in [0.05, 0.1) is 16.1 Å². The molecule has 1 saturated heterocycles. The maximum absolute atomic E-state index is 13.5. The van der Waals surface area contributed by atoms with Crippen molar-refractivity contribution in [3.8, 4) is 5.75 Å². The van der Waals surface area contributed by atoms with E-state index in [1.54, 1.807) is 25.1 Å². The third-order valence-electron chi connectivity index (χ3n) is 5.37. The van der Waals surface area contributed by atoms with Crippen molar-refractivity contribution in [2.75, 3.05) is 17.8 Å². The molecule has 3 aromatic rings. The standard InChI is InChI=1S/C22H21F3N2O5S3/c1-21(11-12-26-14-21)32-18-13-15(7-8-17(18)22(23,24)25)27-35(30,31)20-10-9-19(33-20)34(28,29)16-5-3-2-4-6-16/h2-10,13,26-27H,11-12,14H2,1H3/t21-/m1/s1. The molecule has 1 aliphatic rings. The Morgan fingerprint density at radius 3 is 2.31 bits per heavy atom. The molecular weight excluding hydrogens is 525 g/mol. The summed E-state index contributed by atoms with van der Waals surface area (Å²) in [7, 11) is -8.21. The highest BCUT2D eigenvalue weighted by molar-refractivity contribution is 7.96. The highest BCUT2D eigenvalue weighted by Crippen LogP contribution is 2.40. The fraction of sp³-hybridized carbons (Fsp3) is 0.273. The van der Waals surface area contributed by atoms with Crippen molar-refractivity contribution in [2.24, 2.45) is 0 Å². The molecule has 0 radical (unpaired) electrons. The predicted octanol–water partition coefficient (Wildman–Crippen LogP) is 4.53. The highest BCUT2D eigenvalue weighted by atomic mass is 32.3. The molecule has 1 fully saturated rings. The van der Waals surface area contributed by atoms with Crippen LogP contribution in [0.2, 0.25) is 0 Å². The zero-order chi connectivity index (χ0) is 25.5. The van der Waals surface area contributed by atoms with E-state index in [-0.39, 0.29) is 19.0 Å². The van der Waals surface area contributed by atoms with Crippen LogP contribution in [0.5, 0.6) is 5.75 Å². The van der Waals surface area contributed by atoms with Crippen LogP contribution in [0.4, 0.5) is 18.9 Å². The minimum Gasteiger partial charge on any atom is -0.485 e. The predicted molar refractivity (Wildman–Crippen MR) is 125 cm³/mol. The van der Waals surface area contributed by atoms with E-state index in [0.29, 0.717) is 30.8 Å². The number of hydrogen-bond donors (Lipinski definition) is 2. The first-order valence-corrected chi connectivity index (χ1v) is 14.1. The zero-order valence-electron chi connectivity index (χ0n) is 18.3. The summed E-state index contributed by atoms with van der Waals surface area (Å²) in [6, 6.07) is 12.6. The van der Waals surface area contributed by atoms with Gasteiger partial charge in [0.25, 0.3) is 10.0 Å². The van der Waals surface area contributed by atoms with E-state index in [0.717, 1.165) is 24.3 Å². The van der Waals surface area contributed by atoms with Crippen LogP contribution in [0.15, 0.2) is 74.0 Å². The van der Waals surface area contributed by atoms with Crippen LogP contribution in [-0.4, -0.2) is 35.5 Å². The fourth-order valence-electron chi connectivity index (χ4n) is 3.56. The van der Waals surface area contributed by atoms with Crippen LogP contribution >= 0.6 is 11.3 Å². The van der Waals surface area contributed by atoms with Crippen LogP contribution in [0.1, 0.15) is 18.9 Å². The lowest BCUT2D eigenvalue weighted by molar-refractivity contribution is -0.139. The molecule has 0 amide bonds. The van der Waals surface area contributed by atoms with Crippen molar-refractivity contribution in [3.05, 3.63) is 66.2 Å². The molecule has 1 aromatic heterocycles. The van der Waals surface area contributed by atoms with Crippen LogP contribution in [0, 0.1) is 0 Å². The Morgan fingerprint density at radius 2 is 1.69 bits per heavy atom. The Labute approximate surface area is 204 Å². The second kappa shape index (κ2) is 9.12. The van der Waals surface area contributed by atoms with Gasteiger partial charge in [0, 0.05) is 19.0 Å². The molecule has 4 rings (SSSR count). The van der Waals surface area contributed by atoms with Gasteiger partial charge < -0.3 is 10.1 Å². The maximum Gasteiger partial charge on any atom is 0.419 e. The number of alkyl halides is 3. The molecule has 0 bridgehead atoms. The van der Waals surface area contributed by atoms with E-state index in [1.165, 1.54) is 18.2 Å². The third-order valence-corrected chi connectivity index (χ3v) is 10.6. The lowest BCUT2D eigenvalue weighted by Crippen LogP contribution is -2.35. The number of ether oxygens (including phenoxy) is 1. The number of hydrogen-bond acceptors (Lipinski definition) is 7. The summed E-state index contributed by atoms with van der Waals surface area (Å²) in [5.41, 5.74) is -2.06. The normalized spacial score (nSPS) is 19.0. The third kappa shape index (κ3) is 5.47. The minimum atomic E-state index is -4.70. The van der Waals surface area contributed by atoms with Crippen LogP contribution < -0.4 is 14.8 Å². The lowest BCUT2D eigenvalue weighted by Gasteiger charge is -2.27. The molecule has 35 heavy (non-hydrogen) atoms. The first-order chi connectivity index (χ1) is 16.3. The first-order valence-electron chi connectivity index (χ1n) is 10.3. The number of benzene rings is 2. The van der Waals surface area contributed by atoms with Crippen LogP contribution in [0.25, 0.3) is 0 Å². The molecule has 1 atom stereocenters. The van der Waals surface area contributed by atoms with E-state index < -0.39 is 43.0 Å². The SMILES string of the molecule is C[C@@]1(Oc2cc(NS(=O)(=O)c3ccc(S(=O)(=O)c4ccccc4)s3)ccc2C(F)(F)F)CCNC1. The summed E-state index contributed by atoms with van der Waals surface area (Å²) in [4.78, 5) is 0.0122. The second-order valence-electron chi connectivity index (χ2n) is 8.18. The number of rotatable bonds is 7. The number of thiophene rings is 1. The van der Waals surface area contributed by atoms with Crippen molar-refractivity contribution in [1.29, 1.82) is 0 Å². The minimum absolute atomic E-state index is 0.0122.